The molecule has 2 aromatic carbocycles. The molecule has 3 aliphatic heterocycles. The van der Waals surface area contributed by atoms with E-state index in [0.717, 1.165) is 12.8 Å². The zero-order chi connectivity index (χ0) is 39.1. The third-order valence-electron chi connectivity index (χ3n) is 11.3. The van der Waals surface area contributed by atoms with E-state index in [9.17, 15) is 15.0 Å². The molecule has 14 heteroatoms. The average Bonchev–Trinajstić information content (AvgIpc) is 3.35. The Bertz CT molecular complexity index is 2170. The quantitative estimate of drug-likeness (QED) is 0.147. The largest absolute Gasteiger partial charge is 0.508 e. The molecule has 55 heavy (non-hydrogen) atoms. The van der Waals surface area contributed by atoms with Crippen molar-refractivity contribution in [2.24, 2.45) is 0 Å². The molecule has 1 amide bonds. The molecule has 0 saturated carbocycles. The summed E-state index contributed by atoms with van der Waals surface area (Å²) < 4.78 is 59.6. The molecule has 0 aliphatic carbocycles. The summed E-state index contributed by atoms with van der Waals surface area (Å²) in [6, 6.07) is 4.74. The maximum absolute atomic E-state index is 17.2. The first-order valence-corrected chi connectivity index (χ1v) is 18.6. The van der Waals surface area contributed by atoms with Gasteiger partial charge in [0.2, 0.25) is 5.91 Å². The van der Waals surface area contributed by atoms with Gasteiger partial charge in [0.05, 0.1) is 22.1 Å². The van der Waals surface area contributed by atoms with Crippen LogP contribution in [0.25, 0.3) is 32.9 Å². The summed E-state index contributed by atoms with van der Waals surface area (Å²) in [6.07, 6.45) is 10.7. The zero-order valence-electron chi connectivity index (χ0n) is 31.0. The van der Waals surface area contributed by atoms with Gasteiger partial charge >= 0.3 is 6.01 Å². The van der Waals surface area contributed by atoms with Gasteiger partial charge in [0.25, 0.3) is 0 Å². The number of aromatic nitrogens is 3. The predicted octanol–water partition coefficient (Wildman–Crippen LogP) is 5.58. The van der Waals surface area contributed by atoms with Crippen molar-refractivity contribution in [3.63, 3.8) is 0 Å². The molecule has 1 unspecified atom stereocenters. The molecule has 3 atom stereocenters. The Labute approximate surface area is 317 Å². The van der Waals surface area contributed by atoms with E-state index >= 15 is 13.2 Å². The van der Waals surface area contributed by atoms with Crippen molar-refractivity contribution in [1.29, 1.82) is 0 Å². The van der Waals surface area contributed by atoms with Gasteiger partial charge in [0, 0.05) is 68.5 Å². The van der Waals surface area contributed by atoms with Crippen LogP contribution in [-0.2, 0) is 9.53 Å². The van der Waals surface area contributed by atoms with Crippen molar-refractivity contribution in [3.8, 4) is 35.4 Å². The summed E-state index contributed by atoms with van der Waals surface area (Å²) in [6.45, 7) is 8.59. The number of nitrogens with one attached hydrogen (secondary N) is 1. The van der Waals surface area contributed by atoms with Crippen LogP contribution >= 0.6 is 0 Å². The van der Waals surface area contributed by atoms with Crippen molar-refractivity contribution in [1.82, 2.24) is 25.2 Å². The lowest BCUT2D eigenvalue weighted by Crippen LogP contribution is -2.65. The second kappa shape index (κ2) is 15.3. The fourth-order valence-corrected chi connectivity index (χ4v) is 8.52. The number of halogens is 3. The van der Waals surface area contributed by atoms with Gasteiger partial charge in [0.15, 0.2) is 5.82 Å². The molecule has 0 spiro atoms. The number of terminal acetylenes is 1. The average molecular weight is 759 g/mol. The van der Waals surface area contributed by atoms with Gasteiger partial charge in [-0.3, -0.25) is 14.7 Å². The number of phenols is 1. The number of pyridine rings is 1. The van der Waals surface area contributed by atoms with Gasteiger partial charge in [-0.05, 0) is 75.6 Å². The molecule has 5 heterocycles. The number of anilines is 1. The number of likely N-dealkylation sites (tertiary alicyclic amines) is 1. The number of nitrogens with zero attached hydrogens (tertiary/aromatic N) is 5. The molecular formula is C41H45F3N6O5. The number of benzene rings is 2. The molecule has 7 rings (SSSR count). The number of carbonyl (C=O) groups excluding carboxylic acids is 1. The van der Waals surface area contributed by atoms with Crippen LogP contribution in [0, 0.1) is 24.0 Å². The number of hydrogen-bond donors (Lipinski definition) is 3. The molecule has 11 nitrogen and oxygen atoms in total. The van der Waals surface area contributed by atoms with Crippen LogP contribution in [0.5, 0.6) is 11.8 Å². The number of phenolic OH excluding ortho intramolecular Hbond substituents is 1. The van der Waals surface area contributed by atoms with E-state index in [1.54, 1.807) is 13.8 Å². The first-order chi connectivity index (χ1) is 26.3. The fraction of sp³-hybridized carbons (Fsp3) is 0.463. The molecule has 3 aliphatic rings. The SMILES string of the molecule is C#Cc1c(F)ccc2cc(O)cc(-c3ncc4c(N5CCCCC(NC(=O)C=C)C5)nc(OC[C@]5(C(C)(C)O)C[C@@H](F)CN5C5CCOCC5)nc4c3F)c12. The van der Waals surface area contributed by atoms with Crippen molar-refractivity contribution < 1.29 is 37.7 Å². The predicted molar refractivity (Wildman–Crippen MR) is 203 cm³/mol. The molecule has 2 aromatic heterocycles. The smallest absolute Gasteiger partial charge is 0.319 e. The van der Waals surface area contributed by atoms with Crippen LogP contribution in [-0.4, -0.2) is 105 Å². The summed E-state index contributed by atoms with van der Waals surface area (Å²) in [4.78, 5) is 30.1. The second-order valence-corrected chi connectivity index (χ2v) is 15.2. The van der Waals surface area contributed by atoms with Gasteiger partial charge < -0.3 is 29.9 Å². The van der Waals surface area contributed by atoms with E-state index in [-0.39, 0.29) is 82.4 Å². The monoisotopic (exact) mass is 758 g/mol. The Hall–Kier alpha value is -4.97. The number of amides is 1. The van der Waals surface area contributed by atoms with E-state index in [0.29, 0.717) is 56.8 Å². The number of ether oxygens (including phenoxy) is 2. The van der Waals surface area contributed by atoms with Gasteiger partial charge in [-0.1, -0.05) is 18.6 Å². The minimum atomic E-state index is -1.43. The summed E-state index contributed by atoms with van der Waals surface area (Å²) >= 11 is 0. The molecule has 290 valence electrons. The number of rotatable bonds is 9. The van der Waals surface area contributed by atoms with Crippen molar-refractivity contribution in [2.75, 3.05) is 44.4 Å². The highest BCUT2D eigenvalue weighted by molar-refractivity contribution is 6.03. The third-order valence-corrected chi connectivity index (χ3v) is 11.3. The highest BCUT2D eigenvalue weighted by Crippen LogP contribution is 2.44. The van der Waals surface area contributed by atoms with E-state index in [4.69, 9.17) is 20.9 Å². The number of aliphatic hydroxyl groups is 1. The minimum absolute atomic E-state index is 0.00776. The Morgan fingerprint density at radius 3 is 2.71 bits per heavy atom. The molecule has 0 radical (unpaired) electrons. The van der Waals surface area contributed by atoms with Crippen molar-refractivity contribution >= 4 is 33.4 Å². The first kappa shape index (κ1) is 38.3. The third kappa shape index (κ3) is 7.28. The van der Waals surface area contributed by atoms with E-state index in [2.05, 4.69) is 27.8 Å². The Balaban J connectivity index is 1.37. The Morgan fingerprint density at radius 1 is 1.20 bits per heavy atom. The molecular weight excluding hydrogens is 713 g/mol. The van der Waals surface area contributed by atoms with Crippen molar-refractivity contribution in [2.45, 2.75) is 81.8 Å². The number of fused-ring (bicyclic) bond motifs is 2. The van der Waals surface area contributed by atoms with E-state index < -0.39 is 28.9 Å². The highest BCUT2D eigenvalue weighted by atomic mass is 19.1. The molecule has 3 saturated heterocycles. The number of carbonyl (C=O) groups is 1. The molecule has 3 N–H and O–H groups in total. The van der Waals surface area contributed by atoms with Crippen LogP contribution in [0.15, 0.2) is 43.1 Å². The maximum Gasteiger partial charge on any atom is 0.319 e. The number of aromatic hydroxyl groups is 1. The highest BCUT2D eigenvalue weighted by Gasteiger charge is 2.57. The topological polar surface area (TPSA) is 133 Å². The summed E-state index contributed by atoms with van der Waals surface area (Å²) in [5.74, 6) is 0.514. The van der Waals surface area contributed by atoms with E-state index in [1.807, 2.05) is 9.80 Å². The fourth-order valence-electron chi connectivity index (χ4n) is 8.52. The Kier molecular flexibility index (Phi) is 10.6. The number of alkyl halides is 1. The second-order valence-electron chi connectivity index (χ2n) is 15.2. The van der Waals surface area contributed by atoms with Gasteiger partial charge in [-0.2, -0.15) is 9.97 Å². The summed E-state index contributed by atoms with van der Waals surface area (Å²) in [5, 5.41) is 26.1. The lowest BCUT2D eigenvalue weighted by Gasteiger charge is -2.49. The van der Waals surface area contributed by atoms with Gasteiger partial charge in [-0.25, -0.2) is 13.2 Å². The summed E-state index contributed by atoms with van der Waals surface area (Å²) in [7, 11) is 0. The first-order valence-electron chi connectivity index (χ1n) is 18.6. The van der Waals surface area contributed by atoms with Crippen LogP contribution in [0.3, 0.4) is 0 Å². The molecule has 4 aromatic rings. The van der Waals surface area contributed by atoms with Crippen LogP contribution in [0.4, 0.5) is 19.0 Å². The standard InChI is InChI=1S/C41H45F3N6O5/c1-5-29-32(43)11-10-24-17-28(51)18-30(34(24)29)36-35(44)37-31(20-45-36)38(49-14-8-7-9-26(22-49)46-33(52)6-2)48-39(47-37)55-23-41(40(3,4)53)19-25(42)21-50(41)27-12-15-54-16-13-27/h1,6,10-11,17-18,20,25-27,51,53H,2,7-9,12-16,19,21-23H2,3-4H3,(H,46,52)/t25-,26?,41+/m1/s1. The minimum Gasteiger partial charge on any atom is -0.508 e. The van der Waals surface area contributed by atoms with Crippen LogP contribution in [0.1, 0.15) is 57.9 Å². The van der Waals surface area contributed by atoms with Crippen LogP contribution in [0.2, 0.25) is 0 Å². The molecule has 0 bridgehead atoms. The normalized spacial score (nSPS) is 22.7. The Morgan fingerprint density at radius 2 is 1.98 bits per heavy atom. The summed E-state index contributed by atoms with van der Waals surface area (Å²) in [5.41, 5.74) is -3.10. The zero-order valence-corrected chi connectivity index (χ0v) is 31.0. The molecule has 3 fully saturated rings. The lowest BCUT2D eigenvalue weighted by atomic mass is 9.79. The van der Waals surface area contributed by atoms with Crippen molar-refractivity contribution in [3.05, 3.63) is 60.3 Å². The number of hydrogen-bond acceptors (Lipinski definition) is 10. The van der Waals surface area contributed by atoms with Crippen LogP contribution < -0.4 is 15.0 Å². The van der Waals surface area contributed by atoms with Gasteiger partial charge in [0.1, 0.15) is 41.4 Å². The maximum atomic E-state index is 17.2. The van der Waals surface area contributed by atoms with E-state index in [1.165, 1.54) is 36.5 Å². The van der Waals surface area contributed by atoms with Gasteiger partial charge in [-0.15, -0.1) is 6.42 Å². The lowest BCUT2D eigenvalue weighted by molar-refractivity contribution is -0.119.